The Morgan fingerprint density at radius 1 is 1.20 bits per heavy atom. The third-order valence-electron chi connectivity index (χ3n) is 4.62. The predicted molar refractivity (Wildman–Crippen MR) is 95.5 cm³/mol. The van der Waals surface area contributed by atoms with Crippen LogP contribution in [0.2, 0.25) is 0 Å². The summed E-state index contributed by atoms with van der Waals surface area (Å²) in [5, 5.41) is 11.7. The molecule has 2 amide bonds. The first-order chi connectivity index (χ1) is 12.0. The zero-order valence-electron chi connectivity index (χ0n) is 14.7. The molecular weight excluding hydrogens is 320 g/mol. The minimum Gasteiger partial charge on any atom is -0.481 e. The molecule has 6 heteroatoms. The Morgan fingerprint density at radius 3 is 2.56 bits per heavy atom. The molecule has 1 aromatic rings. The molecule has 1 fully saturated rings. The van der Waals surface area contributed by atoms with Gasteiger partial charge in [-0.15, -0.1) is 0 Å². The number of aliphatic carboxylic acids is 1. The molecule has 2 N–H and O–H groups in total. The highest BCUT2D eigenvalue weighted by Crippen LogP contribution is 2.25. The molecular formula is C19H26N2O4. The molecule has 25 heavy (non-hydrogen) atoms. The summed E-state index contributed by atoms with van der Waals surface area (Å²) < 4.78 is 0. The van der Waals surface area contributed by atoms with Gasteiger partial charge in [-0.2, -0.15) is 0 Å². The first-order valence-corrected chi connectivity index (χ1v) is 8.93. The summed E-state index contributed by atoms with van der Waals surface area (Å²) >= 11 is 0. The highest BCUT2D eigenvalue weighted by Gasteiger charge is 2.21. The monoisotopic (exact) mass is 346 g/mol. The van der Waals surface area contributed by atoms with Crippen molar-refractivity contribution in [2.75, 3.05) is 18.4 Å². The van der Waals surface area contributed by atoms with Gasteiger partial charge in [0, 0.05) is 30.3 Å². The molecule has 6 nitrogen and oxygen atoms in total. The second-order valence-electron chi connectivity index (χ2n) is 6.43. The van der Waals surface area contributed by atoms with E-state index in [-0.39, 0.29) is 30.7 Å². The van der Waals surface area contributed by atoms with E-state index in [4.69, 9.17) is 5.11 Å². The van der Waals surface area contributed by atoms with Crippen molar-refractivity contribution in [3.8, 4) is 0 Å². The standard InChI is InChI=1S/C19H26N2O4/c1-2-21(12-11-17(22)23)19(25)15-9-6-10-16(13-15)20-18(24)14-7-4-3-5-8-14/h6,9-10,13-14H,2-5,7-8,11-12H2,1H3,(H,20,24)(H,22,23). The molecule has 0 radical (unpaired) electrons. The molecule has 0 aliphatic heterocycles. The number of carboxylic acids is 1. The van der Waals surface area contributed by atoms with E-state index in [0.717, 1.165) is 25.7 Å². The lowest BCUT2D eigenvalue weighted by atomic mass is 9.88. The molecule has 0 heterocycles. The molecule has 0 spiro atoms. The number of carbonyl (C=O) groups is 3. The number of anilines is 1. The maximum absolute atomic E-state index is 12.5. The summed E-state index contributed by atoms with van der Waals surface area (Å²) in [4.78, 5) is 37.1. The van der Waals surface area contributed by atoms with Crippen LogP contribution in [0.1, 0.15) is 55.8 Å². The Labute approximate surface area is 148 Å². The van der Waals surface area contributed by atoms with Crippen molar-refractivity contribution in [1.29, 1.82) is 0 Å². The fourth-order valence-electron chi connectivity index (χ4n) is 3.16. The zero-order chi connectivity index (χ0) is 18.2. The smallest absolute Gasteiger partial charge is 0.305 e. The van der Waals surface area contributed by atoms with Crippen LogP contribution in [0.15, 0.2) is 24.3 Å². The highest BCUT2D eigenvalue weighted by molar-refractivity contribution is 5.97. The van der Waals surface area contributed by atoms with Crippen molar-refractivity contribution in [1.82, 2.24) is 4.90 Å². The number of amides is 2. The van der Waals surface area contributed by atoms with Gasteiger partial charge in [-0.1, -0.05) is 25.3 Å². The van der Waals surface area contributed by atoms with Crippen LogP contribution in [0.3, 0.4) is 0 Å². The average Bonchev–Trinajstić information content (AvgIpc) is 2.62. The summed E-state index contributed by atoms with van der Waals surface area (Å²) in [7, 11) is 0. The van der Waals surface area contributed by atoms with E-state index in [2.05, 4.69) is 5.32 Å². The number of carboxylic acid groups (broad SMARTS) is 1. The SMILES string of the molecule is CCN(CCC(=O)O)C(=O)c1cccc(NC(=O)C2CCCCC2)c1. The number of benzene rings is 1. The van der Waals surface area contributed by atoms with Crippen LogP contribution in [0, 0.1) is 5.92 Å². The van der Waals surface area contributed by atoms with Crippen LogP contribution in [0.25, 0.3) is 0 Å². The Balaban J connectivity index is 2.02. The molecule has 2 rings (SSSR count). The Morgan fingerprint density at radius 2 is 1.92 bits per heavy atom. The molecule has 0 atom stereocenters. The molecule has 1 aliphatic carbocycles. The molecule has 0 saturated heterocycles. The predicted octanol–water partition coefficient (Wildman–Crippen LogP) is 3.14. The van der Waals surface area contributed by atoms with Gasteiger partial charge in [-0.05, 0) is 38.0 Å². The average molecular weight is 346 g/mol. The highest BCUT2D eigenvalue weighted by atomic mass is 16.4. The Hall–Kier alpha value is -2.37. The van der Waals surface area contributed by atoms with Crippen LogP contribution >= 0.6 is 0 Å². The molecule has 0 unspecified atom stereocenters. The van der Waals surface area contributed by atoms with E-state index >= 15 is 0 Å². The van der Waals surface area contributed by atoms with Crippen molar-refractivity contribution in [2.24, 2.45) is 5.92 Å². The quantitative estimate of drug-likeness (QED) is 0.794. The fourth-order valence-corrected chi connectivity index (χ4v) is 3.16. The van der Waals surface area contributed by atoms with Gasteiger partial charge < -0.3 is 15.3 Å². The third-order valence-corrected chi connectivity index (χ3v) is 4.62. The number of rotatable bonds is 7. The van der Waals surface area contributed by atoms with Gasteiger partial charge in [0.1, 0.15) is 0 Å². The topological polar surface area (TPSA) is 86.7 Å². The van der Waals surface area contributed by atoms with Crippen molar-refractivity contribution < 1.29 is 19.5 Å². The summed E-state index contributed by atoms with van der Waals surface area (Å²) in [6.45, 7) is 2.42. The second kappa shape index (κ2) is 9.20. The number of nitrogens with one attached hydrogen (secondary N) is 1. The lowest BCUT2D eigenvalue weighted by molar-refractivity contribution is -0.137. The lowest BCUT2D eigenvalue weighted by Crippen LogP contribution is -2.33. The first-order valence-electron chi connectivity index (χ1n) is 8.93. The maximum atomic E-state index is 12.5. The van der Waals surface area contributed by atoms with Gasteiger partial charge in [-0.25, -0.2) is 0 Å². The second-order valence-corrected chi connectivity index (χ2v) is 6.43. The first kappa shape index (κ1) is 19.0. The number of hydrogen-bond acceptors (Lipinski definition) is 3. The molecule has 0 bridgehead atoms. The van der Waals surface area contributed by atoms with Gasteiger partial charge in [0.2, 0.25) is 5.91 Å². The minimum absolute atomic E-state index is 0.0162. The van der Waals surface area contributed by atoms with Gasteiger partial charge in [0.05, 0.1) is 6.42 Å². The van der Waals surface area contributed by atoms with Crippen molar-refractivity contribution in [2.45, 2.75) is 45.4 Å². The number of nitrogens with zero attached hydrogens (tertiary/aromatic N) is 1. The maximum Gasteiger partial charge on any atom is 0.305 e. The normalized spacial score (nSPS) is 14.8. The summed E-state index contributed by atoms with van der Waals surface area (Å²) in [5.41, 5.74) is 1.06. The van der Waals surface area contributed by atoms with Crippen molar-refractivity contribution in [3.63, 3.8) is 0 Å². The van der Waals surface area contributed by atoms with E-state index in [9.17, 15) is 14.4 Å². The summed E-state index contributed by atoms with van der Waals surface area (Å²) in [6.07, 6.45) is 5.12. The van der Waals surface area contributed by atoms with E-state index in [0.29, 0.717) is 17.8 Å². The lowest BCUT2D eigenvalue weighted by Gasteiger charge is -2.22. The Kier molecular flexibility index (Phi) is 6.98. The fraction of sp³-hybridized carbons (Fsp3) is 0.526. The Bertz CT molecular complexity index is 624. The van der Waals surface area contributed by atoms with Gasteiger partial charge in [0.25, 0.3) is 5.91 Å². The van der Waals surface area contributed by atoms with Gasteiger partial charge in [0.15, 0.2) is 0 Å². The number of carbonyl (C=O) groups excluding carboxylic acids is 2. The van der Waals surface area contributed by atoms with E-state index in [1.807, 2.05) is 6.92 Å². The van der Waals surface area contributed by atoms with Gasteiger partial charge >= 0.3 is 5.97 Å². The molecule has 1 saturated carbocycles. The largest absolute Gasteiger partial charge is 0.481 e. The molecule has 1 aliphatic rings. The zero-order valence-corrected chi connectivity index (χ0v) is 14.7. The van der Waals surface area contributed by atoms with Crippen molar-refractivity contribution in [3.05, 3.63) is 29.8 Å². The van der Waals surface area contributed by atoms with E-state index in [1.165, 1.54) is 11.3 Å². The summed E-state index contributed by atoms with van der Waals surface area (Å²) in [5.74, 6) is -1.09. The molecule has 136 valence electrons. The van der Waals surface area contributed by atoms with Crippen LogP contribution in [-0.4, -0.2) is 40.9 Å². The minimum atomic E-state index is -0.931. The molecule has 1 aromatic carbocycles. The summed E-state index contributed by atoms with van der Waals surface area (Å²) in [6, 6.07) is 6.84. The van der Waals surface area contributed by atoms with Crippen LogP contribution in [-0.2, 0) is 9.59 Å². The van der Waals surface area contributed by atoms with Crippen molar-refractivity contribution >= 4 is 23.5 Å². The molecule has 0 aromatic heterocycles. The van der Waals surface area contributed by atoms with Gasteiger partial charge in [-0.3, -0.25) is 14.4 Å². The van der Waals surface area contributed by atoms with E-state index in [1.54, 1.807) is 24.3 Å². The third kappa shape index (κ3) is 5.59. The van der Waals surface area contributed by atoms with Crippen LogP contribution in [0.4, 0.5) is 5.69 Å². The van der Waals surface area contributed by atoms with Crippen LogP contribution in [0.5, 0.6) is 0 Å². The van der Waals surface area contributed by atoms with Crippen LogP contribution < -0.4 is 5.32 Å². The number of hydrogen-bond donors (Lipinski definition) is 2. The van der Waals surface area contributed by atoms with E-state index < -0.39 is 5.97 Å².